The lowest BCUT2D eigenvalue weighted by Crippen LogP contribution is -2.18. The van der Waals surface area contributed by atoms with Gasteiger partial charge in [0.1, 0.15) is 0 Å². The SMILES string of the molecule is CC(=O)S[C@H](CCc1ccccc1C(C)(C)O)c1cccc(/C=C/c2ccc3ccc(Cl)cc3n2)c1.COC(=O)c1ccccc1CC[C@@H](SC(C)=O)c1cccc(/C=C/c2ccc3ccc(Cl)cc3n2)c1. The number of carbonyl (C=O) groups excluding carboxylic acids is 3. The lowest BCUT2D eigenvalue weighted by Gasteiger charge is -2.23. The minimum Gasteiger partial charge on any atom is -0.465 e. The minimum absolute atomic E-state index is 0.0200. The van der Waals surface area contributed by atoms with Crippen LogP contribution in [-0.2, 0) is 32.8 Å². The van der Waals surface area contributed by atoms with Gasteiger partial charge in [-0.1, -0.05) is 174 Å². The summed E-state index contributed by atoms with van der Waals surface area (Å²) < 4.78 is 4.92. The molecule has 0 amide bonds. The number of hydrogen-bond donors (Lipinski definition) is 1. The van der Waals surface area contributed by atoms with Crippen LogP contribution >= 0.6 is 46.7 Å². The first kappa shape index (κ1) is 53.5. The lowest BCUT2D eigenvalue weighted by molar-refractivity contribution is -0.110. The number of methoxy groups -OCH3 is 1. The van der Waals surface area contributed by atoms with Crippen LogP contribution in [0.2, 0.25) is 10.0 Å². The molecule has 1 N–H and O–H groups in total. The van der Waals surface area contributed by atoms with Crippen LogP contribution in [0, 0.1) is 0 Å². The second-order valence-corrected chi connectivity index (χ2v) is 21.4. The molecular formula is C61H56Cl2N2O5S2. The van der Waals surface area contributed by atoms with Gasteiger partial charge in [0.25, 0.3) is 0 Å². The highest BCUT2D eigenvalue weighted by Crippen LogP contribution is 2.37. The zero-order valence-corrected chi connectivity index (χ0v) is 44.0. The van der Waals surface area contributed by atoms with Crippen LogP contribution in [0.3, 0.4) is 0 Å². The summed E-state index contributed by atoms with van der Waals surface area (Å²) in [6, 6.07) is 51.3. The molecule has 0 saturated heterocycles. The van der Waals surface area contributed by atoms with Crippen molar-refractivity contribution in [2.24, 2.45) is 0 Å². The van der Waals surface area contributed by atoms with Crippen molar-refractivity contribution in [2.45, 2.75) is 69.5 Å². The van der Waals surface area contributed by atoms with E-state index in [2.05, 4.69) is 35.3 Å². The van der Waals surface area contributed by atoms with E-state index in [1.165, 1.54) is 30.6 Å². The van der Waals surface area contributed by atoms with Crippen molar-refractivity contribution in [2.75, 3.05) is 7.11 Å². The van der Waals surface area contributed by atoms with E-state index in [1.807, 2.05) is 159 Å². The monoisotopic (exact) mass is 1030 g/mol. The molecule has 11 heteroatoms. The lowest BCUT2D eigenvalue weighted by atomic mass is 9.90. The van der Waals surface area contributed by atoms with Gasteiger partial charge in [0.15, 0.2) is 10.2 Å². The Hall–Kier alpha value is -6.33. The number of thioether (sulfide) groups is 2. The number of ether oxygens (including phenoxy) is 1. The maximum Gasteiger partial charge on any atom is 0.338 e. The summed E-state index contributed by atoms with van der Waals surface area (Å²) in [6.45, 7) is 6.82. The Morgan fingerprint density at radius 3 is 1.53 bits per heavy atom. The third-order valence-electron chi connectivity index (χ3n) is 11.9. The van der Waals surface area contributed by atoms with Gasteiger partial charge in [-0.25, -0.2) is 14.8 Å². The maximum atomic E-state index is 12.1. The molecule has 2 atom stereocenters. The number of aliphatic hydroxyl groups is 1. The topological polar surface area (TPSA) is 106 Å². The first-order valence-corrected chi connectivity index (χ1v) is 26.1. The Balaban J connectivity index is 0.000000211. The van der Waals surface area contributed by atoms with Crippen LogP contribution in [0.4, 0.5) is 0 Å². The molecular weight excluding hydrogens is 976 g/mol. The predicted molar refractivity (Wildman–Crippen MR) is 302 cm³/mol. The van der Waals surface area contributed by atoms with E-state index in [9.17, 15) is 19.5 Å². The zero-order valence-electron chi connectivity index (χ0n) is 40.9. The molecule has 0 bridgehead atoms. The van der Waals surface area contributed by atoms with Crippen molar-refractivity contribution >= 4 is 109 Å². The van der Waals surface area contributed by atoms with Crippen molar-refractivity contribution in [1.29, 1.82) is 0 Å². The van der Waals surface area contributed by atoms with Crippen molar-refractivity contribution < 1.29 is 24.2 Å². The molecule has 8 aromatic rings. The molecule has 0 aliphatic carbocycles. The van der Waals surface area contributed by atoms with Gasteiger partial charge in [0.05, 0.1) is 40.7 Å². The Kier molecular flexibility index (Phi) is 18.8. The molecule has 366 valence electrons. The fourth-order valence-electron chi connectivity index (χ4n) is 8.43. The molecule has 6 aromatic carbocycles. The van der Waals surface area contributed by atoms with Crippen LogP contribution in [0.1, 0.15) is 112 Å². The number of benzene rings is 6. The molecule has 2 aromatic heterocycles. The van der Waals surface area contributed by atoms with Crippen LogP contribution in [0.25, 0.3) is 46.1 Å². The summed E-state index contributed by atoms with van der Waals surface area (Å²) >= 11 is 14.9. The fraction of sp³-hybridized carbons (Fsp3) is 0.197. The van der Waals surface area contributed by atoms with Crippen molar-refractivity contribution in [1.82, 2.24) is 9.97 Å². The quantitative estimate of drug-likeness (QED) is 0.0947. The number of rotatable bonds is 16. The normalized spacial score (nSPS) is 12.4. The number of nitrogens with zero attached hydrogens (tertiary/aromatic N) is 2. The molecule has 0 saturated carbocycles. The van der Waals surface area contributed by atoms with E-state index in [0.717, 1.165) is 85.0 Å². The summed E-state index contributed by atoms with van der Waals surface area (Å²) in [5, 5.41) is 14.1. The summed E-state index contributed by atoms with van der Waals surface area (Å²) in [6.07, 6.45) is 10.9. The van der Waals surface area contributed by atoms with E-state index in [-0.39, 0.29) is 26.7 Å². The highest BCUT2D eigenvalue weighted by Gasteiger charge is 2.22. The maximum absolute atomic E-state index is 12.1. The zero-order chi connectivity index (χ0) is 51.2. The average Bonchev–Trinajstić information content (AvgIpc) is 3.37. The van der Waals surface area contributed by atoms with E-state index < -0.39 is 5.60 Å². The third-order valence-corrected chi connectivity index (χ3v) is 14.6. The first-order valence-electron chi connectivity index (χ1n) is 23.6. The van der Waals surface area contributed by atoms with Gasteiger partial charge in [0, 0.05) is 45.2 Å². The molecule has 72 heavy (non-hydrogen) atoms. The number of halogens is 2. The fourth-order valence-corrected chi connectivity index (χ4v) is 10.6. The van der Waals surface area contributed by atoms with Gasteiger partial charge < -0.3 is 9.84 Å². The number of fused-ring (bicyclic) bond motifs is 2. The number of carbonyl (C=O) groups is 3. The molecule has 0 fully saturated rings. The average molecular weight is 1030 g/mol. The van der Waals surface area contributed by atoms with E-state index in [0.29, 0.717) is 28.5 Å². The molecule has 2 heterocycles. The van der Waals surface area contributed by atoms with Gasteiger partial charge >= 0.3 is 5.97 Å². The summed E-state index contributed by atoms with van der Waals surface area (Å²) in [5.41, 5.74) is 10.2. The summed E-state index contributed by atoms with van der Waals surface area (Å²) in [4.78, 5) is 45.7. The molecule has 0 spiro atoms. The smallest absolute Gasteiger partial charge is 0.338 e. The summed E-state index contributed by atoms with van der Waals surface area (Å²) in [7, 11) is 1.38. The predicted octanol–water partition coefficient (Wildman–Crippen LogP) is 16.0. The van der Waals surface area contributed by atoms with Gasteiger partial charge in [-0.3, -0.25) is 9.59 Å². The van der Waals surface area contributed by atoms with Gasteiger partial charge in [-0.2, -0.15) is 0 Å². The highest BCUT2D eigenvalue weighted by atomic mass is 35.5. The highest BCUT2D eigenvalue weighted by molar-refractivity contribution is 8.14. The molecule has 8 rings (SSSR count). The van der Waals surface area contributed by atoms with Crippen LogP contribution in [-0.4, -0.2) is 38.4 Å². The molecule has 7 nitrogen and oxygen atoms in total. The standard InChI is InChI=1S/C31H30ClNO2S.C30H26ClNO3S/c1-21(34)36-30(18-14-23-8-4-5-10-28(23)31(2,3)35)25-9-6-7-22(19-25)11-16-27-17-13-24-12-15-26(32)20-29(24)33-27;1-20(33)36-29(17-13-22-7-3-4-9-27(22)30(34)35-2)24-8-5-6-21(18-24)10-15-26-16-12-23-11-14-25(31)19-28(23)32-26/h4-13,15-17,19-20,30,35H,14,18H2,1-3H3;3-12,14-16,18-19,29H,13,17H2,1-2H3/b16-11+;15-10+/t30-;29-/m11/s1. The van der Waals surface area contributed by atoms with E-state index in [1.54, 1.807) is 19.9 Å². The molecule has 0 radical (unpaired) electrons. The van der Waals surface area contributed by atoms with Gasteiger partial charge in [-0.05, 0) is 133 Å². The number of aryl methyl sites for hydroxylation is 2. The number of pyridine rings is 2. The number of aromatic nitrogens is 2. The molecule has 0 unspecified atom stereocenters. The van der Waals surface area contributed by atoms with Crippen molar-refractivity contribution in [3.63, 3.8) is 0 Å². The Labute approximate surface area is 440 Å². The molecule has 0 aliphatic heterocycles. The second-order valence-electron chi connectivity index (χ2n) is 17.8. The third kappa shape index (κ3) is 15.3. The second kappa shape index (κ2) is 25.4. The van der Waals surface area contributed by atoms with Crippen molar-refractivity contribution in [3.8, 4) is 0 Å². The largest absolute Gasteiger partial charge is 0.465 e. The number of esters is 1. The van der Waals surface area contributed by atoms with Crippen molar-refractivity contribution in [3.05, 3.63) is 224 Å². The summed E-state index contributed by atoms with van der Waals surface area (Å²) in [5.74, 6) is -0.349. The minimum atomic E-state index is -0.910. The van der Waals surface area contributed by atoms with Gasteiger partial charge in [0.2, 0.25) is 0 Å². The van der Waals surface area contributed by atoms with E-state index in [4.69, 9.17) is 32.9 Å². The molecule has 0 aliphatic rings. The van der Waals surface area contributed by atoms with Gasteiger partial charge in [-0.15, -0.1) is 0 Å². The Morgan fingerprint density at radius 1 is 0.583 bits per heavy atom. The van der Waals surface area contributed by atoms with Crippen LogP contribution < -0.4 is 0 Å². The number of hydrogen-bond acceptors (Lipinski definition) is 9. The van der Waals surface area contributed by atoms with Crippen LogP contribution in [0.5, 0.6) is 0 Å². The Morgan fingerprint density at radius 2 is 1.04 bits per heavy atom. The Bertz CT molecular complexity index is 3270. The van der Waals surface area contributed by atoms with Crippen LogP contribution in [0.15, 0.2) is 158 Å². The first-order chi connectivity index (χ1) is 34.6. The van der Waals surface area contributed by atoms with E-state index >= 15 is 0 Å².